The fourth-order valence-corrected chi connectivity index (χ4v) is 6.93. The van der Waals surface area contributed by atoms with Crippen LogP contribution in [0, 0.1) is 0 Å². The predicted octanol–water partition coefficient (Wildman–Crippen LogP) is 5.68. The van der Waals surface area contributed by atoms with E-state index in [0.717, 1.165) is 31.7 Å². The summed E-state index contributed by atoms with van der Waals surface area (Å²) in [7, 11) is 0. The number of hydrogen-bond donors (Lipinski definition) is 2. The molecule has 0 aromatic heterocycles. The maximum Gasteiger partial charge on any atom is 0.275 e. The zero-order valence-corrected chi connectivity index (χ0v) is 22.3. The number of carbonyl (C=O) groups is 1. The number of benzene rings is 4. The fraction of sp³-hybridized carbons (Fsp3) is 0.206. The van der Waals surface area contributed by atoms with Crippen LogP contribution in [0.4, 0.5) is 0 Å². The van der Waals surface area contributed by atoms with Gasteiger partial charge in [0.15, 0.2) is 6.54 Å². The number of likely N-dealkylation sites (tertiary alicyclic amines) is 1. The second kappa shape index (κ2) is 11.4. The molecule has 0 spiro atoms. The molecule has 3 nitrogen and oxygen atoms in total. The average molecular weight is 518 g/mol. The molecular formula is C34H33N2OS+. The number of nitrogens with one attached hydrogen (secondary N) is 2. The Bertz CT molecular complexity index is 1350. The van der Waals surface area contributed by atoms with Crippen molar-refractivity contribution >= 4 is 23.2 Å². The molecule has 4 heteroatoms. The molecule has 2 N–H and O–H groups in total. The molecule has 1 saturated heterocycles. The minimum Gasteiger partial charge on any atom is -0.340 e. The number of carbonyl (C=O) groups excluding carboxylic acids is 1. The van der Waals surface area contributed by atoms with E-state index in [0.29, 0.717) is 6.54 Å². The molecule has 0 aliphatic carbocycles. The van der Waals surface area contributed by atoms with Crippen LogP contribution in [-0.2, 0) is 10.5 Å². The summed E-state index contributed by atoms with van der Waals surface area (Å²) < 4.78 is 0. The molecule has 1 fully saturated rings. The molecule has 190 valence electrons. The van der Waals surface area contributed by atoms with Crippen molar-refractivity contribution in [3.05, 3.63) is 143 Å². The molecule has 38 heavy (non-hydrogen) atoms. The maximum absolute atomic E-state index is 13.4. The van der Waals surface area contributed by atoms with Crippen LogP contribution in [-0.4, -0.2) is 25.5 Å². The highest BCUT2D eigenvalue weighted by Gasteiger charge is 2.28. The molecule has 4 aromatic rings. The number of rotatable bonds is 5. The Morgan fingerprint density at radius 1 is 0.737 bits per heavy atom. The lowest BCUT2D eigenvalue weighted by atomic mass is 9.88. The van der Waals surface area contributed by atoms with Crippen LogP contribution in [0.3, 0.4) is 0 Å². The topological polar surface area (TPSA) is 33.5 Å². The van der Waals surface area contributed by atoms with Crippen molar-refractivity contribution in [3.63, 3.8) is 0 Å². The van der Waals surface area contributed by atoms with E-state index in [1.165, 1.54) is 48.8 Å². The Morgan fingerprint density at radius 2 is 1.32 bits per heavy atom. The minimum atomic E-state index is -0.104. The highest BCUT2D eigenvalue weighted by Crippen LogP contribution is 2.39. The quantitative estimate of drug-likeness (QED) is 0.357. The van der Waals surface area contributed by atoms with Crippen molar-refractivity contribution in [2.75, 3.05) is 19.6 Å². The largest absolute Gasteiger partial charge is 0.340 e. The first-order valence-electron chi connectivity index (χ1n) is 13.5. The van der Waals surface area contributed by atoms with E-state index >= 15 is 0 Å². The summed E-state index contributed by atoms with van der Waals surface area (Å²) in [5, 5.41) is 3.42. The van der Waals surface area contributed by atoms with Gasteiger partial charge in [0.1, 0.15) is 0 Å². The maximum atomic E-state index is 13.4. The monoisotopic (exact) mass is 517 g/mol. The number of thioether (sulfide) groups is 1. The van der Waals surface area contributed by atoms with Gasteiger partial charge in [0.25, 0.3) is 5.91 Å². The molecular weight excluding hydrogens is 484 g/mol. The average Bonchev–Trinajstić information content (AvgIpc) is 3.12. The van der Waals surface area contributed by atoms with E-state index in [1.54, 1.807) is 0 Å². The Kier molecular flexibility index (Phi) is 7.43. The molecule has 2 aliphatic rings. The summed E-state index contributed by atoms with van der Waals surface area (Å²) in [6.45, 7) is 2.45. The molecule has 0 unspecified atom stereocenters. The lowest BCUT2D eigenvalue weighted by Crippen LogP contribution is -3.14. The number of hydrogen-bond acceptors (Lipinski definition) is 2. The standard InChI is InChI=1S/C34H32N2OS/c37-32(35-34-29-16-8-7-15-28(29)24-38-31-18-10-9-17-30(31)34)23-36-21-19-27(20-22-36)33(25-11-3-1-4-12-25)26-13-5-2-6-14-26/h1-18,34H,19-24H2,(H,35,37)/p+1/t34-/m0/s1. The van der Waals surface area contributed by atoms with Gasteiger partial charge in [0.2, 0.25) is 0 Å². The van der Waals surface area contributed by atoms with Gasteiger partial charge in [-0.05, 0) is 39.5 Å². The number of piperidine rings is 1. The van der Waals surface area contributed by atoms with Gasteiger partial charge >= 0.3 is 0 Å². The molecule has 6 rings (SSSR count). The van der Waals surface area contributed by atoms with Gasteiger partial charge in [-0.3, -0.25) is 4.79 Å². The van der Waals surface area contributed by atoms with E-state index in [9.17, 15) is 4.79 Å². The zero-order valence-electron chi connectivity index (χ0n) is 21.5. The van der Waals surface area contributed by atoms with Crippen LogP contribution in [0.1, 0.15) is 46.7 Å². The van der Waals surface area contributed by atoms with Crippen LogP contribution >= 0.6 is 11.8 Å². The third kappa shape index (κ3) is 5.33. The summed E-state index contributed by atoms with van der Waals surface area (Å²) in [6, 6.07) is 38.4. The number of amides is 1. The first-order valence-corrected chi connectivity index (χ1v) is 14.5. The first kappa shape index (κ1) is 24.7. The molecule has 0 bridgehead atoms. The lowest BCUT2D eigenvalue weighted by molar-refractivity contribution is -0.894. The third-order valence-corrected chi connectivity index (χ3v) is 8.87. The Morgan fingerprint density at radius 3 is 2.00 bits per heavy atom. The van der Waals surface area contributed by atoms with Crippen LogP contribution in [0.15, 0.2) is 120 Å². The van der Waals surface area contributed by atoms with Gasteiger partial charge in [-0.15, -0.1) is 11.8 Å². The summed E-state index contributed by atoms with van der Waals surface area (Å²) in [6.07, 6.45) is 2.01. The molecule has 4 aromatic carbocycles. The van der Waals surface area contributed by atoms with Crippen LogP contribution in [0.25, 0.3) is 5.57 Å². The van der Waals surface area contributed by atoms with Crippen molar-refractivity contribution in [1.82, 2.24) is 5.32 Å². The highest BCUT2D eigenvalue weighted by atomic mass is 32.2. The van der Waals surface area contributed by atoms with Crippen LogP contribution < -0.4 is 10.2 Å². The van der Waals surface area contributed by atoms with Gasteiger partial charge in [-0.1, -0.05) is 109 Å². The molecule has 2 aliphatic heterocycles. The summed E-state index contributed by atoms with van der Waals surface area (Å²) in [4.78, 5) is 16.0. The Balaban J connectivity index is 1.18. The Labute approximate surface area is 229 Å². The molecule has 0 saturated carbocycles. The zero-order chi connectivity index (χ0) is 25.7. The Hall–Kier alpha value is -3.60. The van der Waals surface area contributed by atoms with Crippen LogP contribution in [0.5, 0.6) is 0 Å². The minimum absolute atomic E-state index is 0.104. The van der Waals surface area contributed by atoms with Gasteiger partial charge in [-0.25, -0.2) is 0 Å². The first-order chi connectivity index (χ1) is 18.8. The van der Waals surface area contributed by atoms with Crippen molar-refractivity contribution < 1.29 is 9.69 Å². The van der Waals surface area contributed by atoms with Gasteiger partial charge < -0.3 is 10.2 Å². The van der Waals surface area contributed by atoms with E-state index in [1.807, 2.05) is 11.8 Å². The smallest absolute Gasteiger partial charge is 0.275 e. The van der Waals surface area contributed by atoms with E-state index in [2.05, 4.69) is 115 Å². The summed E-state index contributed by atoms with van der Waals surface area (Å²) in [5.74, 6) is 1.05. The molecule has 1 atom stereocenters. The highest BCUT2D eigenvalue weighted by molar-refractivity contribution is 7.98. The van der Waals surface area contributed by atoms with Crippen molar-refractivity contribution in [2.45, 2.75) is 29.5 Å². The lowest BCUT2D eigenvalue weighted by Gasteiger charge is -2.28. The van der Waals surface area contributed by atoms with Gasteiger partial charge in [-0.2, -0.15) is 0 Å². The molecule has 2 heterocycles. The van der Waals surface area contributed by atoms with E-state index < -0.39 is 0 Å². The molecule has 0 radical (unpaired) electrons. The second-order valence-corrected chi connectivity index (χ2v) is 11.2. The van der Waals surface area contributed by atoms with Crippen LogP contribution in [0.2, 0.25) is 0 Å². The van der Waals surface area contributed by atoms with Crippen molar-refractivity contribution in [2.24, 2.45) is 0 Å². The van der Waals surface area contributed by atoms with E-state index in [-0.39, 0.29) is 11.9 Å². The normalized spacial score (nSPS) is 18.6. The van der Waals surface area contributed by atoms with Crippen molar-refractivity contribution in [1.29, 1.82) is 0 Å². The summed E-state index contributed by atoms with van der Waals surface area (Å²) >= 11 is 1.86. The second-order valence-electron chi connectivity index (χ2n) is 10.2. The SMILES string of the molecule is O=C(C[NH+]1CCC(=C(c2ccccc2)c2ccccc2)CC1)N[C@H]1c2ccccc2CSc2ccccc21. The van der Waals surface area contributed by atoms with Gasteiger partial charge in [0.05, 0.1) is 19.1 Å². The fourth-order valence-electron chi connectivity index (χ4n) is 5.83. The number of quaternary nitrogens is 1. The van der Waals surface area contributed by atoms with Gasteiger partial charge in [0, 0.05) is 23.5 Å². The van der Waals surface area contributed by atoms with E-state index in [4.69, 9.17) is 0 Å². The predicted molar refractivity (Wildman–Crippen MR) is 156 cm³/mol. The van der Waals surface area contributed by atoms with Crippen molar-refractivity contribution in [3.8, 4) is 0 Å². The number of fused-ring (bicyclic) bond motifs is 2. The summed E-state index contributed by atoms with van der Waals surface area (Å²) in [5.41, 5.74) is 9.12. The molecule has 1 amide bonds. The third-order valence-electron chi connectivity index (χ3n) is 7.73.